The Morgan fingerprint density at radius 3 is 2.45 bits per heavy atom. The van der Waals surface area contributed by atoms with E-state index in [4.69, 9.17) is 5.10 Å². The van der Waals surface area contributed by atoms with Crippen LogP contribution in [0.3, 0.4) is 0 Å². The van der Waals surface area contributed by atoms with Gasteiger partial charge >= 0.3 is 0 Å². The van der Waals surface area contributed by atoms with Crippen molar-refractivity contribution in [2.45, 2.75) is 46.1 Å². The summed E-state index contributed by atoms with van der Waals surface area (Å²) in [5, 5.41) is 4.75. The highest BCUT2D eigenvalue weighted by atomic mass is 19.1. The average Bonchev–Trinajstić information content (AvgIpc) is 3.27. The number of amides is 1. The predicted octanol–water partition coefficient (Wildman–Crippen LogP) is 5.72. The van der Waals surface area contributed by atoms with Crippen LogP contribution in [0, 0.1) is 16.6 Å². The van der Waals surface area contributed by atoms with Gasteiger partial charge in [0, 0.05) is 18.2 Å². The van der Waals surface area contributed by atoms with E-state index in [-0.39, 0.29) is 28.6 Å². The van der Waals surface area contributed by atoms with E-state index in [9.17, 15) is 9.18 Å². The Kier molecular flexibility index (Phi) is 4.54. The molecule has 1 aromatic heterocycles. The Hall–Kier alpha value is -2.95. The number of aromatic nitrogens is 2. The average molecular weight is 418 g/mol. The molecule has 2 aliphatic rings. The maximum Gasteiger partial charge on any atom is 0.272 e. The van der Waals surface area contributed by atoms with Crippen molar-refractivity contribution in [2.75, 3.05) is 6.54 Å². The molecule has 31 heavy (non-hydrogen) atoms. The fraction of sp³-hybridized carbons (Fsp3) is 0.385. The van der Waals surface area contributed by atoms with Crippen LogP contribution in [-0.4, -0.2) is 33.2 Å². The zero-order valence-corrected chi connectivity index (χ0v) is 18.3. The number of benzene rings is 2. The molecule has 1 saturated carbocycles. The molecule has 2 aromatic carbocycles. The molecule has 5 heteroatoms. The monoisotopic (exact) mass is 417 g/mol. The van der Waals surface area contributed by atoms with Crippen LogP contribution in [-0.2, 0) is 0 Å². The number of carbonyl (C=O) groups excluding carboxylic acids is 1. The second-order valence-electron chi connectivity index (χ2n) is 10.3. The van der Waals surface area contributed by atoms with Crippen LogP contribution in [0.2, 0.25) is 0 Å². The van der Waals surface area contributed by atoms with Crippen molar-refractivity contribution in [3.8, 4) is 16.9 Å². The van der Waals surface area contributed by atoms with Crippen LogP contribution in [0.5, 0.6) is 0 Å². The number of halogens is 1. The molecule has 3 aromatic rings. The van der Waals surface area contributed by atoms with E-state index in [0.717, 1.165) is 37.1 Å². The molecule has 1 amide bonds. The van der Waals surface area contributed by atoms with Crippen LogP contribution >= 0.6 is 0 Å². The maximum atomic E-state index is 13.8. The van der Waals surface area contributed by atoms with E-state index in [1.165, 1.54) is 12.1 Å². The molecule has 0 unspecified atom stereocenters. The zero-order chi connectivity index (χ0) is 21.8. The maximum absolute atomic E-state index is 13.8. The number of fused-ring (bicyclic) bond motifs is 2. The lowest BCUT2D eigenvalue weighted by Gasteiger charge is -2.39. The fourth-order valence-corrected chi connectivity index (χ4v) is 5.91. The lowest BCUT2D eigenvalue weighted by atomic mass is 9.65. The summed E-state index contributed by atoms with van der Waals surface area (Å²) >= 11 is 0. The largest absolute Gasteiger partial charge is 0.334 e. The van der Waals surface area contributed by atoms with E-state index >= 15 is 0 Å². The third kappa shape index (κ3) is 3.67. The normalized spacial score (nSPS) is 24.4. The van der Waals surface area contributed by atoms with Gasteiger partial charge in [0.1, 0.15) is 11.5 Å². The molecule has 1 saturated heterocycles. The molecular formula is C26H28FN3O. The number of rotatable bonds is 3. The first-order valence-corrected chi connectivity index (χ1v) is 11.0. The Labute approximate surface area is 182 Å². The molecule has 0 N–H and O–H groups in total. The minimum Gasteiger partial charge on any atom is -0.334 e. The van der Waals surface area contributed by atoms with Crippen LogP contribution in [0.4, 0.5) is 4.39 Å². The van der Waals surface area contributed by atoms with Crippen molar-refractivity contribution in [3.05, 3.63) is 72.2 Å². The highest BCUT2D eigenvalue weighted by Gasteiger charge is 2.51. The van der Waals surface area contributed by atoms with Gasteiger partial charge in [-0.15, -0.1) is 0 Å². The SMILES string of the molecule is CC1(C)C[C@H]2C[C@](C)(CN2C(=O)c2cc(-c3ccccc3)nn2-c2ccc(F)cc2)C1. The Morgan fingerprint density at radius 1 is 1.03 bits per heavy atom. The third-order valence-electron chi connectivity index (χ3n) is 6.74. The lowest BCUT2D eigenvalue weighted by Crippen LogP contribution is -2.38. The van der Waals surface area contributed by atoms with Gasteiger partial charge in [0.15, 0.2) is 0 Å². The summed E-state index contributed by atoms with van der Waals surface area (Å²) in [5.74, 6) is -0.305. The predicted molar refractivity (Wildman–Crippen MR) is 120 cm³/mol. The zero-order valence-electron chi connectivity index (χ0n) is 18.3. The van der Waals surface area contributed by atoms with Gasteiger partial charge in [-0.25, -0.2) is 9.07 Å². The quantitative estimate of drug-likeness (QED) is 0.547. The summed E-state index contributed by atoms with van der Waals surface area (Å²) in [5.41, 5.74) is 3.29. The van der Waals surface area contributed by atoms with Crippen molar-refractivity contribution in [1.29, 1.82) is 0 Å². The molecule has 4 nitrogen and oxygen atoms in total. The van der Waals surface area contributed by atoms with Gasteiger partial charge in [-0.2, -0.15) is 5.10 Å². The molecule has 2 heterocycles. The van der Waals surface area contributed by atoms with Crippen molar-refractivity contribution in [1.82, 2.24) is 14.7 Å². The van der Waals surface area contributed by atoms with E-state index in [1.54, 1.807) is 16.8 Å². The fourth-order valence-electron chi connectivity index (χ4n) is 5.91. The molecule has 2 bridgehead atoms. The molecule has 2 atom stereocenters. The van der Waals surface area contributed by atoms with Gasteiger partial charge in [0.05, 0.1) is 11.4 Å². The van der Waals surface area contributed by atoms with Gasteiger partial charge in [0.25, 0.3) is 5.91 Å². The van der Waals surface area contributed by atoms with Crippen molar-refractivity contribution in [2.24, 2.45) is 10.8 Å². The summed E-state index contributed by atoms with van der Waals surface area (Å²) < 4.78 is 15.2. The van der Waals surface area contributed by atoms with Crippen LogP contribution in [0.1, 0.15) is 50.5 Å². The van der Waals surface area contributed by atoms with E-state index in [1.807, 2.05) is 36.4 Å². The number of nitrogens with zero attached hydrogens (tertiary/aromatic N) is 3. The van der Waals surface area contributed by atoms with Crippen molar-refractivity contribution < 1.29 is 9.18 Å². The van der Waals surface area contributed by atoms with Gasteiger partial charge in [0.2, 0.25) is 0 Å². The highest BCUT2D eigenvalue weighted by molar-refractivity contribution is 5.95. The topological polar surface area (TPSA) is 38.1 Å². The number of hydrogen-bond donors (Lipinski definition) is 0. The molecule has 2 fully saturated rings. The molecule has 0 radical (unpaired) electrons. The number of carbonyl (C=O) groups is 1. The molecule has 1 aliphatic carbocycles. The van der Waals surface area contributed by atoms with Crippen LogP contribution in [0.15, 0.2) is 60.7 Å². The molecule has 160 valence electrons. The molecule has 0 spiro atoms. The van der Waals surface area contributed by atoms with E-state index in [2.05, 4.69) is 25.7 Å². The second kappa shape index (κ2) is 7.04. The molecular weight excluding hydrogens is 389 g/mol. The van der Waals surface area contributed by atoms with Crippen molar-refractivity contribution >= 4 is 5.91 Å². The Bertz CT molecular complexity index is 1120. The lowest BCUT2D eigenvalue weighted by molar-refractivity contribution is 0.0699. The first kappa shape index (κ1) is 20.0. The van der Waals surface area contributed by atoms with Crippen molar-refractivity contribution in [3.63, 3.8) is 0 Å². The summed E-state index contributed by atoms with van der Waals surface area (Å²) in [7, 11) is 0. The summed E-state index contributed by atoms with van der Waals surface area (Å²) in [6, 6.07) is 18.1. The van der Waals surface area contributed by atoms with E-state index in [0.29, 0.717) is 11.4 Å². The summed E-state index contributed by atoms with van der Waals surface area (Å²) in [6.45, 7) is 7.69. The Balaban J connectivity index is 1.57. The van der Waals surface area contributed by atoms with Gasteiger partial charge in [-0.05, 0) is 60.4 Å². The molecule has 1 aliphatic heterocycles. The number of likely N-dealkylation sites (tertiary alicyclic amines) is 1. The third-order valence-corrected chi connectivity index (χ3v) is 6.74. The summed E-state index contributed by atoms with van der Waals surface area (Å²) in [4.78, 5) is 15.9. The first-order chi connectivity index (χ1) is 14.7. The van der Waals surface area contributed by atoms with Gasteiger partial charge in [-0.1, -0.05) is 51.1 Å². The Morgan fingerprint density at radius 2 is 1.74 bits per heavy atom. The van der Waals surface area contributed by atoms with Gasteiger partial charge < -0.3 is 4.90 Å². The number of hydrogen-bond acceptors (Lipinski definition) is 2. The standard InChI is InChI=1S/C26H28FN3O/c1-25(2)14-21-15-26(3,16-25)17-29(21)24(31)23-13-22(18-7-5-4-6-8-18)28-30(23)20-11-9-19(27)10-12-20/h4-13,21H,14-17H2,1-3H3/t21-,26-/m0/s1. The summed E-state index contributed by atoms with van der Waals surface area (Å²) in [6.07, 6.45) is 3.20. The second-order valence-corrected chi connectivity index (χ2v) is 10.3. The minimum atomic E-state index is -0.310. The highest BCUT2D eigenvalue weighted by Crippen LogP contribution is 2.52. The van der Waals surface area contributed by atoms with Crippen LogP contribution in [0.25, 0.3) is 16.9 Å². The van der Waals surface area contributed by atoms with Gasteiger partial charge in [-0.3, -0.25) is 4.79 Å². The smallest absolute Gasteiger partial charge is 0.272 e. The first-order valence-electron chi connectivity index (χ1n) is 11.0. The molecule has 5 rings (SSSR count). The minimum absolute atomic E-state index is 0.00503. The van der Waals surface area contributed by atoms with Crippen LogP contribution < -0.4 is 0 Å². The van der Waals surface area contributed by atoms with E-state index < -0.39 is 0 Å².